The predicted octanol–water partition coefficient (Wildman–Crippen LogP) is 3.84. The molecule has 0 aromatic heterocycles. The molecule has 5 fully saturated rings. The Kier molecular flexibility index (Phi) is 6.79. The highest BCUT2D eigenvalue weighted by atomic mass is 32.2. The number of carbonyl (C=O) groups excluding carboxylic acids is 1. The molecule has 4 aliphatic carbocycles. The minimum atomic E-state index is -2.14. The van der Waals surface area contributed by atoms with Gasteiger partial charge in [0, 0.05) is 48.1 Å². The van der Waals surface area contributed by atoms with E-state index in [1.165, 1.54) is 38.5 Å². The number of hydrogen-bond donors (Lipinski definition) is 1. The van der Waals surface area contributed by atoms with Gasteiger partial charge in [0.1, 0.15) is 5.78 Å². The topological polar surface area (TPSA) is 60.9 Å². The first-order chi connectivity index (χ1) is 16.0. The minimum Gasteiger partial charge on any atom is -0.390 e. The third-order valence-electron chi connectivity index (χ3n) is 11.4. The van der Waals surface area contributed by atoms with Crippen LogP contribution < -0.4 is 0 Å². The van der Waals surface area contributed by atoms with Crippen molar-refractivity contribution in [3.05, 3.63) is 0 Å². The van der Waals surface area contributed by atoms with Gasteiger partial charge in [-0.25, -0.2) is 4.31 Å². The Balaban J connectivity index is 1.21. The van der Waals surface area contributed by atoms with Crippen LogP contribution in [0.25, 0.3) is 0 Å². The molecule has 9 atom stereocenters. The van der Waals surface area contributed by atoms with E-state index in [9.17, 15) is 14.1 Å². The number of carbonyl (C=O) groups is 1. The van der Waals surface area contributed by atoms with Crippen molar-refractivity contribution < 1.29 is 14.1 Å². The molecule has 0 spiro atoms. The van der Waals surface area contributed by atoms with Gasteiger partial charge in [0.15, 0.2) is 0 Å². The lowest BCUT2D eigenvalue weighted by Crippen LogP contribution is -2.53. The molecule has 4 saturated carbocycles. The van der Waals surface area contributed by atoms with E-state index >= 15 is 0 Å². The maximum atomic E-state index is 13.6. The summed E-state index contributed by atoms with van der Waals surface area (Å²) in [7, 11) is -2.14. The first-order valence-electron chi connectivity index (χ1n) is 14.1. The lowest BCUT2D eigenvalue weighted by molar-refractivity contribution is -0.134. The van der Waals surface area contributed by atoms with Crippen LogP contribution in [0.5, 0.6) is 0 Å². The second-order valence-electron chi connectivity index (χ2n) is 13.1. The molecule has 194 valence electrons. The Hall–Kier alpha value is -0.430. The number of Topliss-reactive ketones (excluding diaryl/α,β-unsaturated/α-hetero) is 1. The van der Waals surface area contributed by atoms with Crippen molar-refractivity contribution in [3.8, 4) is 0 Å². The fourth-order valence-corrected chi connectivity index (χ4v) is 10.4. The third kappa shape index (κ3) is 4.43. The van der Waals surface area contributed by atoms with E-state index in [2.05, 4.69) is 24.6 Å². The Labute approximate surface area is 208 Å². The number of rotatable bonds is 5. The fraction of sp³-hybridized carbons (Fsp3) is 0.929. The monoisotopic (exact) mass is 492 g/mol. The van der Waals surface area contributed by atoms with E-state index in [0.717, 1.165) is 75.5 Å². The van der Waals surface area contributed by atoms with Gasteiger partial charge in [-0.05, 0) is 105 Å². The van der Waals surface area contributed by atoms with E-state index in [1.54, 1.807) is 6.26 Å². The fourth-order valence-electron chi connectivity index (χ4n) is 9.42. The molecule has 0 aromatic carbocycles. The Bertz CT molecular complexity index is 882. The first kappa shape index (κ1) is 25.2. The summed E-state index contributed by atoms with van der Waals surface area (Å²) < 4.78 is 14.2. The molecular formula is C28H48N2O3S. The second kappa shape index (κ2) is 9.15. The van der Waals surface area contributed by atoms with Gasteiger partial charge in [0.05, 0.1) is 12.1 Å². The first-order valence-corrected chi connectivity index (χ1v) is 16.2. The molecular weight excluding hydrogens is 444 g/mol. The van der Waals surface area contributed by atoms with E-state index < -0.39 is 15.3 Å². The van der Waals surface area contributed by atoms with E-state index in [1.807, 2.05) is 4.31 Å². The summed E-state index contributed by atoms with van der Waals surface area (Å²) in [6.45, 7) is 8.30. The quantitative estimate of drug-likeness (QED) is 0.593. The number of ketones is 1. The van der Waals surface area contributed by atoms with Crippen LogP contribution in [0.2, 0.25) is 0 Å². The molecule has 1 heterocycles. The number of fused-ring (bicyclic) bond motifs is 5. The van der Waals surface area contributed by atoms with Crippen molar-refractivity contribution >= 4 is 21.4 Å². The molecule has 1 aliphatic heterocycles. The van der Waals surface area contributed by atoms with Crippen molar-refractivity contribution in [1.82, 2.24) is 9.21 Å². The van der Waals surface area contributed by atoms with Gasteiger partial charge < -0.3 is 5.11 Å². The zero-order chi connectivity index (χ0) is 24.3. The minimum absolute atomic E-state index is 0.177. The summed E-state index contributed by atoms with van der Waals surface area (Å²) in [5, 5.41) is 10.9. The normalized spacial score (nSPS) is 47.3. The molecule has 1 saturated heterocycles. The average Bonchev–Trinajstić information content (AvgIpc) is 3.16. The second-order valence-corrected chi connectivity index (χ2v) is 15.5. The molecule has 34 heavy (non-hydrogen) atoms. The predicted molar refractivity (Wildman–Crippen MR) is 140 cm³/mol. The van der Waals surface area contributed by atoms with Gasteiger partial charge in [-0.3, -0.25) is 13.9 Å². The third-order valence-corrected chi connectivity index (χ3v) is 12.9. The van der Waals surface area contributed by atoms with Crippen molar-refractivity contribution in [1.29, 1.82) is 0 Å². The van der Waals surface area contributed by atoms with Crippen molar-refractivity contribution in [2.45, 2.75) is 83.7 Å². The summed E-state index contributed by atoms with van der Waals surface area (Å²) in [5.41, 5.74) is -0.231. The highest BCUT2D eigenvalue weighted by Crippen LogP contribution is 2.64. The smallest absolute Gasteiger partial charge is 0.150 e. The maximum Gasteiger partial charge on any atom is 0.150 e. The Morgan fingerprint density at radius 1 is 1.00 bits per heavy atom. The molecule has 5 aliphatic rings. The molecule has 1 N–H and O–H groups in total. The number of hydrogen-bond acceptors (Lipinski definition) is 4. The molecule has 5 rings (SSSR count). The lowest BCUT2D eigenvalue weighted by atomic mass is 9.48. The molecule has 0 amide bonds. The summed E-state index contributed by atoms with van der Waals surface area (Å²) in [4.78, 5) is 15.9. The molecule has 0 radical (unpaired) electrons. The van der Waals surface area contributed by atoms with Crippen molar-refractivity contribution in [2.75, 3.05) is 39.0 Å². The van der Waals surface area contributed by atoms with Gasteiger partial charge in [-0.15, -0.1) is 0 Å². The summed E-state index contributed by atoms with van der Waals surface area (Å²) >= 11 is 0. The van der Waals surface area contributed by atoms with Crippen LogP contribution in [-0.4, -0.2) is 74.8 Å². The zero-order valence-corrected chi connectivity index (χ0v) is 22.7. The van der Waals surface area contributed by atoms with Crippen LogP contribution in [0.15, 0.2) is 0 Å². The van der Waals surface area contributed by atoms with Gasteiger partial charge in [-0.1, -0.05) is 13.8 Å². The van der Waals surface area contributed by atoms with E-state index in [0.29, 0.717) is 18.2 Å². The summed E-state index contributed by atoms with van der Waals surface area (Å²) in [6, 6.07) is 0. The Morgan fingerprint density at radius 3 is 2.38 bits per heavy atom. The van der Waals surface area contributed by atoms with Crippen LogP contribution >= 0.6 is 0 Å². The van der Waals surface area contributed by atoms with Gasteiger partial charge in [0.2, 0.25) is 0 Å². The van der Waals surface area contributed by atoms with Crippen LogP contribution in [0, 0.1) is 40.9 Å². The van der Waals surface area contributed by atoms with Crippen molar-refractivity contribution in [2.24, 2.45) is 40.9 Å². The number of piperazine rings is 1. The Morgan fingerprint density at radius 2 is 1.71 bits per heavy atom. The molecule has 1 unspecified atom stereocenters. The maximum absolute atomic E-state index is 13.6. The van der Waals surface area contributed by atoms with Crippen LogP contribution in [-0.2, 0) is 14.5 Å². The van der Waals surface area contributed by atoms with Gasteiger partial charge in [0.25, 0.3) is 0 Å². The van der Waals surface area contributed by atoms with E-state index in [4.69, 9.17) is 0 Å². The zero-order valence-electron chi connectivity index (χ0n) is 21.8. The molecule has 6 heteroatoms. The summed E-state index contributed by atoms with van der Waals surface area (Å²) in [6.07, 6.45) is 13.3. The molecule has 0 bridgehead atoms. The number of nitrogens with zero attached hydrogens (tertiary/aromatic N) is 2. The molecule has 5 nitrogen and oxygen atoms in total. The largest absolute Gasteiger partial charge is 0.390 e. The lowest BCUT2D eigenvalue weighted by Gasteiger charge is -2.57. The highest BCUT2D eigenvalue weighted by molar-refractivity contribution is 7.97. The van der Waals surface area contributed by atoms with Crippen LogP contribution in [0.3, 0.4) is 0 Å². The average molecular weight is 493 g/mol. The summed E-state index contributed by atoms with van der Waals surface area (Å²) in [5.74, 6) is 8.36. The molecule has 0 aromatic rings. The van der Waals surface area contributed by atoms with E-state index in [-0.39, 0.29) is 11.3 Å². The highest BCUT2D eigenvalue weighted by Gasteiger charge is 2.58. The van der Waals surface area contributed by atoms with Crippen LogP contribution in [0.1, 0.15) is 78.1 Å². The van der Waals surface area contributed by atoms with Gasteiger partial charge >= 0.3 is 0 Å². The number of aliphatic hydroxyl groups is 1. The van der Waals surface area contributed by atoms with Crippen LogP contribution in [0.4, 0.5) is 0 Å². The van der Waals surface area contributed by atoms with Crippen molar-refractivity contribution in [3.63, 3.8) is 0 Å². The standard InChI is InChI=1S/C28H48N2O3S/c1-5-28(32)13-11-21-20(18-28)6-7-23-22(21)10-12-27(2)24(23)8-9-25(27)26(31)19-29-14-16-30(17-15-29)34(3,4)33/h20-25,32H,3,5-19H2,1-2,4H3/t20-,21-,22+,23+,24-,25+,27-,28+,34?/m0/s1. The van der Waals surface area contributed by atoms with Gasteiger partial charge in [-0.2, -0.15) is 0 Å². The SMILES string of the molecule is C=S(C)(=O)N1CCN(CC(=O)[C@H]2CC[C@H]3[C@@H]4CC[C@H]5C[C@@](O)(CC)CC[C@@H]5[C@H]4CC[C@]23C)CC1.